The van der Waals surface area contributed by atoms with Crippen LogP contribution in [0.3, 0.4) is 0 Å². The van der Waals surface area contributed by atoms with Crippen LogP contribution in [-0.4, -0.2) is 34.6 Å². The van der Waals surface area contributed by atoms with Crippen molar-refractivity contribution in [3.8, 4) is 5.88 Å². The summed E-state index contributed by atoms with van der Waals surface area (Å²) in [5, 5.41) is 2.72. The van der Waals surface area contributed by atoms with Gasteiger partial charge in [0.15, 0.2) is 0 Å². The summed E-state index contributed by atoms with van der Waals surface area (Å²) in [6.07, 6.45) is 5.97. The van der Waals surface area contributed by atoms with Gasteiger partial charge in [-0.05, 0) is 44.4 Å². The first-order valence-electron chi connectivity index (χ1n) is 9.34. The molecule has 2 heterocycles. The summed E-state index contributed by atoms with van der Waals surface area (Å²) in [5.41, 5.74) is 5.54. The Balaban J connectivity index is 1.60. The first-order chi connectivity index (χ1) is 13.8. The number of nitrogens with zero attached hydrogens (tertiary/aromatic N) is 3. The van der Waals surface area contributed by atoms with Crippen LogP contribution in [-0.2, 0) is 10.3 Å². The molecule has 29 heavy (non-hydrogen) atoms. The van der Waals surface area contributed by atoms with E-state index in [0.29, 0.717) is 23.6 Å². The number of methoxy groups -OCH3 is 1. The molecule has 0 radical (unpaired) electrons. The van der Waals surface area contributed by atoms with E-state index in [1.807, 2.05) is 6.92 Å². The highest BCUT2D eigenvalue weighted by Gasteiger charge is 2.50. The SMILES string of the molecule is COc1cnc(C(=O)Nc2ccc(F)c([C@]3(C)CC4(CCC4)OC(N)=N3)c2)cn1. The Hall–Kier alpha value is -3.23. The number of carbonyl (C=O) groups is 1. The van der Waals surface area contributed by atoms with Crippen LogP contribution >= 0.6 is 0 Å². The van der Waals surface area contributed by atoms with Crippen molar-refractivity contribution < 1.29 is 18.7 Å². The molecular formula is C20H22FN5O3. The highest BCUT2D eigenvalue weighted by molar-refractivity contribution is 6.02. The van der Waals surface area contributed by atoms with Crippen LogP contribution in [0.15, 0.2) is 35.6 Å². The first kappa shape index (κ1) is 19.1. The van der Waals surface area contributed by atoms with E-state index >= 15 is 0 Å². The third kappa shape index (κ3) is 3.59. The monoisotopic (exact) mass is 399 g/mol. The Morgan fingerprint density at radius 3 is 2.72 bits per heavy atom. The number of halogens is 1. The second-order valence-electron chi connectivity index (χ2n) is 7.63. The zero-order chi connectivity index (χ0) is 20.6. The van der Waals surface area contributed by atoms with E-state index in [4.69, 9.17) is 15.2 Å². The lowest BCUT2D eigenvalue weighted by Gasteiger charge is -2.48. The molecule has 8 nitrogen and oxygen atoms in total. The standard InChI is InChI=1S/C20H22FN5O3/c1-19(11-20(6-3-7-20)29-18(22)26-19)13-8-12(4-5-14(13)21)25-17(27)15-9-24-16(28-2)10-23-15/h4-5,8-10H,3,6-7,11H2,1-2H3,(H2,22,26)(H,25,27)/t19-/m0/s1. The molecule has 2 aromatic rings. The van der Waals surface area contributed by atoms with E-state index in [-0.39, 0.29) is 17.3 Å². The molecule has 1 spiro atoms. The number of nitrogens with two attached hydrogens (primary N) is 1. The third-order valence-electron chi connectivity index (χ3n) is 5.48. The fourth-order valence-corrected chi connectivity index (χ4v) is 3.95. The summed E-state index contributed by atoms with van der Waals surface area (Å²) in [7, 11) is 1.46. The lowest BCUT2D eigenvalue weighted by molar-refractivity contribution is -0.0583. The summed E-state index contributed by atoms with van der Waals surface area (Å²) in [6.45, 7) is 1.83. The fourth-order valence-electron chi connectivity index (χ4n) is 3.95. The molecule has 1 aromatic carbocycles. The molecule has 1 saturated carbocycles. The number of anilines is 1. The summed E-state index contributed by atoms with van der Waals surface area (Å²) in [5.74, 6) is -0.575. The van der Waals surface area contributed by atoms with Crippen LogP contribution in [0.1, 0.15) is 48.7 Å². The molecule has 1 atom stereocenters. The zero-order valence-electron chi connectivity index (χ0n) is 16.2. The van der Waals surface area contributed by atoms with E-state index in [2.05, 4.69) is 20.3 Å². The van der Waals surface area contributed by atoms with Gasteiger partial charge < -0.3 is 20.5 Å². The summed E-state index contributed by atoms with van der Waals surface area (Å²) < 4.78 is 25.4. The number of benzene rings is 1. The van der Waals surface area contributed by atoms with Gasteiger partial charge in [-0.3, -0.25) is 4.79 Å². The maximum atomic E-state index is 14.7. The fraction of sp³-hybridized carbons (Fsp3) is 0.400. The number of carbonyl (C=O) groups excluding carboxylic acids is 1. The van der Waals surface area contributed by atoms with Gasteiger partial charge >= 0.3 is 0 Å². The summed E-state index contributed by atoms with van der Waals surface area (Å²) in [6, 6.07) is 4.45. The van der Waals surface area contributed by atoms with Crippen molar-refractivity contribution in [2.45, 2.75) is 43.7 Å². The average molecular weight is 399 g/mol. The number of amides is 1. The van der Waals surface area contributed by atoms with E-state index < -0.39 is 17.3 Å². The normalized spacial score (nSPS) is 22.2. The number of amidine groups is 1. The van der Waals surface area contributed by atoms with Crippen LogP contribution in [0.5, 0.6) is 5.88 Å². The number of rotatable bonds is 4. The maximum absolute atomic E-state index is 14.7. The first-order valence-corrected chi connectivity index (χ1v) is 9.34. The van der Waals surface area contributed by atoms with Crippen LogP contribution in [0, 0.1) is 5.82 Å². The largest absolute Gasteiger partial charge is 0.480 e. The molecule has 1 aliphatic carbocycles. The Morgan fingerprint density at radius 1 is 1.31 bits per heavy atom. The van der Waals surface area contributed by atoms with Gasteiger partial charge in [0.2, 0.25) is 5.88 Å². The smallest absolute Gasteiger partial charge is 0.283 e. The Labute approximate surface area is 167 Å². The number of nitrogens with one attached hydrogen (secondary N) is 1. The second kappa shape index (κ2) is 6.98. The van der Waals surface area contributed by atoms with Crippen molar-refractivity contribution >= 4 is 17.6 Å². The molecule has 4 rings (SSSR count). The van der Waals surface area contributed by atoms with Crippen molar-refractivity contribution in [3.63, 3.8) is 0 Å². The Bertz CT molecular complexity index is 975. The lowest BCUT2D eigenvalue weighted by Crippen LogP contribution is -2.52. The van der Waals surface area contributed by atoms with Gasteiger partial charge in [0, 0.05) is 17.7 Å². The van der Waals surface area contributed by atoms with Crippen LogP contribution < -0.4 is 15.8 Å². The van der Waals surface area contributed by atoms with Crippen LogP contribution in [0.4, 0.5) is 10.1 Å². The second-order valence-corrected chi connectivity index (χ2v) is 7.63. The molecule has 9 heteroatoms. The van der Waals surface area contributed by atoms with Gasteiger partial charge in [0.25, 0.3) is 11.9 Å². The number of aliphatic imine (C=N–C) groups is 1. The average Bonchev–Trinajstić information content (AvgIpc) is 2.67. The lowest BCUT2D eigenvalue weighted by atomic mass is 9.69. The zero-order valence-corrected chi connectivity index (χ0v) is 16.2. The highest BCUT2D eigenvalue weighted by Crippen LogP contribution is 2.49. The molecule has 0 bridgehead atoms. The molecule has 0 unspecified atom stereocenters. The summed E-state index contributed by atoms with van der Waals surface area (Å²) >= 11 is 0. The third-order valence-corrected chi connectivity index (χ3v) is 5.48. The van der Waals surface area contributed by atoms with Crippen LogP contribution in [0.25, 0.3) is 0 Å². The maximum Gasteiger partial charge on any atom is 0.283 e. The Kier molecular flexibility index (Phi) is 4.60. The number of hydrogen-bond acceptors (Lipinski definition) is 7. The number of ether oxygens (including phenoxy) is 2. The molecule has 3 N–H and O–H groups in total. The molecular weight excluding hydrogens is 377 g/mol. The molecule has 1 aliphatic heterocycles. The predicted molar refractivity (Wildman–Crippen MR) is 104 cm³/mol. The van der Waals surface area contributed by atoms with E-state index in [9.17, 15) is 9.18 Å². The molecule has 1 fully saturated rings. The topological polar surface area (TPSA) is 112 Å². The number of aromatic nitrogens is 2. The van der Waals surface area contributed by atoms with Gasteiger partial charge in [0.1, 0.15) is 17.1 Å². The van der Waals surface area contributed by atoms with E-state index in [0.717, 1.165) is 19.3 Å². The minimum atomic E-state index is -0.881. The van der Waals surface area contributed by atoms with Crippen molar-refractivity contribution in [2.24, 2.45) is 10.7 Å². The van der Waals surface area contributed by atoms with Gasteiger partial charge in [-0.25, -0.2) is 19.4 Å². The van der Waals surface area contributed by atoms with Crippen LogP contribution in [0.2, 0.25) is 0 Å². The van der Waals surface area contributed by atoms with Gasteiger partial charge in [0.05, 0.1) is 25.0 Å². The van der Waals surface area contributed by atoms with Gasteiger partial charge in [-0.1, -0.05) is 0 Å². The molecule has 1 aromatic heterocycles. The quantitative estimate of drug-likeness (QED) is 0.818. The van der Waals surface area contributed by atoms with E-state index in [1.54, 1.807) is 6.07 Å². The van der Waals surface area contributed by atoms with Crippen molar-refractivity contribution in [1.29, 1.82) is 0 Å². The van der Waals surface area contributed by atoms with Gasteiger partial charge in [-0.15, -0.1) is 0 Å². The van der Waals surface area contributed by atoms with Crippen molar-refractivity contribution in [1.82, 2.24) is 9.97 Å². The molecule has 152 valence electrons. The molecule has 1 amide bonds. The molecule has 0 saturated heterocycles. The highest BCUT2D eigenvalue weighted by atomic mass is 19.1. The molecule has 2 aliphatic rings. The Morgan fingerprint density at radius 2 is 2.10 bits per heavy atom. The van der Waals surface area contributed by atoms with Gasteiger partial charge in [-0.2, -0.15) is 0 Å². The van der Waals surface area contributed by atoms with Crippen molar-refractivity contribution in [2.75, 3.05) is 12.4 Å². The minimum Gasteiger partial charge on any atom is -0.480 e. The van der Waals surface area contributed by atoms with Crippen molar-refractivity contribution in [3.05, 3.63) is 47.7 Å². The summed E-state index contributed by atoms with van der Waals surface area (Å²) in [4.78, 5) is 24.8. The number of hydrogen-bond donors (Lipinski definition) is 2. The predicted octanol–water partition coefficient (Wildman–Crippen LogP) is 2.75. The minimum absolute atomic E-state index is 0.0702. The van der Waals surface area contributed by atoms with E-state index in [1.165, 1.54) is 31.6 Å².